The largest absolute Gasteiger partial charge is 0.395 e. The second-order valence-electron chi connectivity index (χ2n) is 5.02. The number of hydrogen-bond donors (Lipinski definition) is 1. The molecule has 21 heavy (non-hydrogen) atoms. The van der Waals surface area contributed by atoms with Gasteiger partial charge in [-0.15, -0.1) is 21.5 Å². The molecule has 0 spiro atoms. The fourth-order valence-electron chi connectivity index (χ4n) is 2.34. The molecule has 0 aliphatic heterocycles. The van der Waals surface area contributed by atoms with Crippen LogP contribution in [0.4, 0.5) is 0 Å². The van der Waals surface area contributed by atoms with Gasteiger partial charge in [0, 0.05) is 12.6 Å². The maximum absolute atomic E-state index is 12.3. The molecule has 1 saturated carbocycles. The maximum atomic E-state index is 12.3. The van der Waals surface area contributed by atoms with E-state index in [-0.39, 0.29) is 25.1 Å². The minimum Gasteiger partial charge on any atom is -0.395 e. The molecule has 1 aliphatic carbocycles. The van der Waals surface area contributed by atoms with Gasteiger partial charge in [0.2, 0.25) is 11.7 Å². The maximum Gasteiger partial charge on any atom is 0.246 e. The van der Waals surface area contributed by atoms with Gasteiger partial charge in [0.15, 0.2) is 0 Å². The van der Waals surface area contributed by atoms with Crippen molar-refractivity contribution in [3.05, 3.63) is 17.5 Å². The lowest BCUT2D eigenvalue weighted by molar-refractivity contribution is -0.137. The minimum atomic E-state index is -0.0659. The number of aliphatic hydroxyl groups excluding tert-OH is 1. The molecule has 0 aromatic carbocycles. The third-order valence-electron chi connectivity index (χ3n) is 3.65. The topological polar surface area (TPSA) is 84.1 Å². The van der Waals surface area contributed by atoms with E-state index in [0.717, 1.165) is 24.1 Å². The van der Waals surface area contributed by atoms with Crippen molar-refractivity contribution in [2.24, 2.45) is 0 Å². The number of carbonyl (C=O) groups excluding carboxylic acids is 1. The highest BCUT2D eigenvalue weighted by atomic mass is 32.1. The summed E-state index contributed by atoms with van der Waals surface area (Å²) in [6.45, 7) is 0.415. The van der Waals surface area contributed by atoms with Gasteiger partial charge < -0.3 is 10.0 Å². The Kier molecular flexibility index (Phi) is 4.26. The molecule has 1 aliphatic rings. The normalized spacial score (nSPS) is 14.9. The van der Waals surface area contributed by atoms with Crippen molar-refractivity contribution in [3.8, 4) is 10.7 Å². The van der Waals surface area contributed by atoms with Crippen molar-refractivity contribution in [2.45, 2.75) is 31.8 Å². The molecule has 0 bridgehead atoms. The van der Waals surface area contributed by atoms with E-state index in [1.807, 2.05) is 17.5 Å². The third-order valence-corrected chi connectivity index (χ3v) is 4.51. The Morgan fingerprint density at radius 1 is 1.52 bits per heavy atom. The summed E-state index contributed by atoms with van der Waals surface area (Å²) in [7, 11) is 0. The Morgan fingerprint density at radius 3 is 3.00 bits per heavy atom. The van der Waals surface area contributed by atoms with Crippen molar-refractivity contribution >= 4 is 17.2 Å². The first-order chi connectivity index (χ1) is 10.3. The number of carbonyl (C=O) groups is 1. The number of amides is 1. The molecule has 0 saturated heterocycles. The summed E-state index contributed by atoms with van der Waals surface area (Å²) in [4.78, 5) is 16.3. The Bertz CT molecular complexity index is 593. The fraction of sp³-hybridized carbons (Fsp3) is 0.538. The van der Waals surface area contributed by atoms with E-state index >= 15 is 0 Å². The van der Waals surface area contributed by atoms with Crippen LogP contribution in [0.2, 0.25) is 0 Å². The zero-order valence-electron chi connectivity index (χ0n) is 11.6. The molecular weight excluding hydrogens is 290 g/mol. The lowest BCUT2D eigenvalue weighted by Gasteiger charge is -2.37. The predicted molar refractivity (Wildman–Crippen MR) is 77.6 cm³/mol. The van der Waals surface area contributed by atoms with E-state index in [1.54, 1.807) is 4.90 Å². The van der Waals surface area contributed by atoms with Gasteiger partial charge in [-0.25, -0.2) is 0 Å². The summed E-state index contributed by atoms with van der Waals surface area (Å²) in [6, 6.07) is 4.09. The summed E-state index contributed by atoms with van der Waals surface area (Å²) in [5, 5.41) is 23.2. The van der Waals surface area contributed by atoms with Crippen LogP contribution in [0.3, 0.4) is 0 Å². The van der Waals surface area contributed by atoms with Crippen LogP contribution in [-0.4, -0.2) is 55.3 Å². The molecule has 2 aromatic heterocycles. The van der Waals surface area contributed by atoms with Crippen LogP contribution in [-0.2, 0) is 11.3 Å². The van der Waals surface area contributed by atoms with Crippen LogP contribution in [0.15, 0.2) is 17.5 Å². The molecule has 1 amide bonds. The lowest BCUT2D eigenvalue weighted by Crippen LogP contribution is -2.47. The second kappa shape index (κ2) is 6.31. The summed E-state index contributed by atoms with van der Waals surface area (Å²) in [5.41, 5.74) is 0. The van der Waals surface area contributed by atoms with Gasteiger partial charge in [-0.05, 0) is 35.9 Å². The molecule has 112 valence electrons. The summed E-state index contributed by atoms with van der Waals surface area (Å²) in [5.74, 6) is 0.471. The molecule has 7 nitrogen and oxygen atoms in total. The van der Waals surface area contributed by atoms with Gasteiger partial charge in [0.25, 0.3) is 0 Å². The highest BCUT2D eigenvalue weighted by Crippen LogP contribution is 2.25. The van der Waals surface area contributed by atoms with E-state index in [0.29, 0.717) is 12.4 Å². The van der Waals surface area contributed by atoms with Crippen LogP contribution in [0.25, 0.3) is 10.7 Å². The quantitative estimate of drug-likeness (QED) is 0.852. The fourth-order valence-corrected chi connectivity index (χ4v) is 2.99. The number of tetrazole rings is 1. The Balaban J connectivity index is 1.66. The molecule has 3 rings (SSSR count). The van der Waals surface area contributed by atoms with Gasteiger partial charge in [0.1, 0.15) is 6.54 Å². The number of thiophene rings is 1. The highest BCUT2D eigenvalue weighted by molar-refractivity contribution is 7.13. The molecular formula is C13H17N5O2S. The summed E-state index contributed by atoms with van der Waals surface area (Å²) in [6.07, 6.45) is 3.16. The molecule has 1 N–H and O–H groups in total. The Hall–Kier alpha value is -1.80. The molecule has 0 atom stereocenters. The van der Waals surface area contributed by atoms with Crippen LogP contribution in [0.5, 0.6) is 0 Å². The van der Waals surface area contributed by atoms with Gasteiger partial charge >= 0.3 is 0 Å². The standard InChI is InChI=1S/C13H17N5O2S/c19-7-6-17(10-3-1-4-10)12(20)9-18-15-13(14-16-18)11-5-2-8-21-11/h2,5,8,10,19H,1,3-4,6-7,9H2. The average Bonchev–Trinajstić information content (AvgIpc) is 3.06. The van der Waals surface area contributed by atoms with Crippen molar-refractivity contribution in [1.29, 1.82) is 0 Å². The van der Waals surface area contributed by atoms with Gasteiger partial charge in [-0.1, -0.05) is 6.07 Å². The third kappa shape index (κ3) is 3.11. The van der Waals surface area contributed by atoms with Crippen LogP contribution in [0, 0.1) is 0 Å². The Morgan fingerprint density at radius 2 is 2.38 bits per heavy atom. The molecule has 0 unspecified atom stereocenters. The van der Waals surface area contributed by atoms with Crippen molar-refractivity contribution in [2.75, 3.05) is 13.2 Å². The number of aromatic nitrogens is 4. The molecule has 1 fully saturated rings. The van der Waals surface area contributed by atoms with E-state index in [1.165, 1.54) is 16.1 Å². The van der Waals surface area contributed by atoms with Crippen molar-refractivity contribution < 1.29 is 9.90 Å². The van der Waals surface area contributed by atoms with E-state index < -0.39 is 0 Å². The second-order valence-corrected chi connectivity index (χ2v) is 5.96. The minimum absolute atomic E-state index is 0.0204. The van der Waals surface area contributed by atoms with E-state index in [4.69, 9.17) is 5.11 Å². The van der Waals surface area contributed by atoms with Crippen LogP contribution in [0.1, 0.15) is 19.3 Å². The van der Waals surface area contributed by atoms with Crippen LogP contribution >= 0.6 is 11.3 Å². The molecule has 8 heteroatoms. The van der Waals surface area contributed by atoms with Gasteiger partial charge in [-0.3, -0.25) is 4.79 Å². The van der Waals surface area contributed by atoms with Crippen molar-refractivity contribution in [3.63, 3.8) is 0 Å². The smallest absolute Gasteiger partial charge is 0.246 e. The molecule has 2 aromatic rings. The number of rotatable bonds is 6. The first kappa shape index (κ1) is 14.2. The number of nitrogens with zero attached hydrogens (tertiary/aromatic N) is 5. The number of hydrogen-bond acceptors (Lipinski definition) is 6. The van der Waals surface area contributed by atoms with Crippen molar-refractivity contribution in [1.82, 2.24) is 25.1 Å². The number of aliphatic hydroxyl groups is 1. The first-order valence-electron chi connectivity index (χ1n) is 7.00. The van der Waals surface area contributed by atoms with Gasteiger partial charge in [-0.2, -0.15) is 4.80 Å². The zero-order valence-corrected chi connectivity index (χ0v) is 12.4. The summed E-state index contributed by atoms with van der Waals surface area (Å²) < 4.78 is 0. The Labute approximate surface area is 126 Å². The monoisotopic (exact) mass is 307 g/mol. The summed E-state index contributed by atoms with van der Waals surface area (Å²) >= 11 is 1.53. The van der Waals surface area contributed by atoms with Gasteiger partial charge in [0.05, 0.1) is 11.5 Å². The average molecular weight is 307 g/mol. The van der Waals surface area contributed by atoms with E-state index in [9.17, 15) is 4.79 Å². The predicted octanol–water partition coefficient (Wildman–Crippen LogP) is 0.775. The molecule has 0 radical (unpaired) electrons. The lowest BCUT2D eigenvalue weighted by atomic mass is 9.91. The SMILES string of the molecule is O=C(Cn1nnc(-c2cccs2)n1)N(CCO)C1CCC1. The molecule has 2 heterocycles. The first-order valence-corrected chi connectivity index (χ1v) is 7.88. The zero-order chi connectivity index (χ0) is 14.7. The van der Waals surface area contributed by atoms with Crippen LogP contribution < -0.4 is 0 Å². The highest BCUT2D eigenvalue weighted by Gasteiger charge is 2.28. The van der Waals surface area contributed by atoms with E-state index in [2.05, 4.69) is 15.4 Å².